The Morgan fingerprint density at radius 3 is 2.94 bits per heavy atom. The van der Waals surface area contributed by atoms with Gasteiger partial charge in [-0.1, -0.05) is 0 Å². The fourth-order valence-corrected chi connectivity index (χ4v) is 1.96. The Labute approximate surface area is 101 Å². The molecule has 0 bridgehead atoms. The van der Waals surface area contributed by atoms with E-state index in [1.54, 1.807) is 0 Å². The summed E-state index contributed by atoms with van der Waals surface area (Å²) in [6.45, 7) is 1.11. The minimum atomic E-state index is 0.102. The number of amides is 1. The van der Waals surface area contributed by atoms with Crippen LogP contribution in [0.2, 0.25) is 0 Å². The predicted molar refractivity (Wildman–Crippen MR) is 63.4 cm³/mol. The van der Waals surface area contributed by atoms with Gasteiger partial charge in [0, 0.05) is 24.8 Å². The molecule has 0 aromatic carbocycles. The summed E-state index contributed by atoms with van der Waals surface area (Å²) in [6.07, 6.45) is 8.56. The van der Waals surface area contributed by atoms with Crippen molar-refractivity contribution in [3.63, 3.8) is 0 Å². The molecule has 92 valence electrons. The molecule has 2 saturated carbocycles. The summed E-state index contributed by atoms with van der Waals surface area (Å²) in [6, 6.07) is 1.09. The fourth-order valence-electron chi connectivity index (χ4n) is 1.96. The van der Waals surface area contributed by atoms with Gasteiger partial charge in [0.1, 0.15) is 0 Å². The monoisotopic (exact) mass is 234 g/mol. The van der Waals surface area contributed by atoms with Gasteiger partial charge in [-0.2, -0.15) is 0 Å². The van der Waals surface area contributed by atoms with Gasteiger partial charge in [-0.05, 0) is 25.7 Å². The molecule has 17 heavy (non-hydrogen) atoms. The Morgan fingerprint density at radius 2 is 2.24 bits per heavy atom. The number of hydrogen-bond donors (Lipinski definition) is 2. The van der Waals surface area contributed by atoms with Crippen molar-refractivity contribution in [1.29, 1.82) is 0 Å². The van der Waals surface area contributed by atoms with Crippen LogP contribution in [0.4, 0.5) is 0 Å². The van der Waals surface area contributed by atoms with Crippen LogP contribution in [0.15, 0.2) is 12.5 Å². The summed E-state index contributed by atoms with van der Waals surface area (Å²) >= 11 is 0. The number of carbonyl (C=O) groups excluding carboxylic acids is 1. The third kappa shape index (κ3) is 2.85. The van der Waals surface area contributed by atoms with Crippen molar-refractivity contribution in [1.82, 2.24) is 20.2 Å². The summed E-state index contributed by atoms with van der Waals surface area (Å²) in [5.41, 5.74) is 1.17. The molecule has 1 aromatic rings. The second-order valence-electron chi connectivity index (χ2n) is 4.97. The maximum absolute atomic E-state index is 11.5. The third-order valence-corrected chi connectivity index (χ3v) is 3.22. The summed E-state index contributed by atoms with van der Waals surface area (Å²) in [4.78, 5) is 15.6. The zero-order chi connectivity index (χ0) is 11.7. The summed E-state index contributed by atoms with van der Waals surface area (Å²) in [5.74, 6) is 0.102. The van der Waals surface area contributed by atoms with Gasteiger partial charge in [-0.25, -0.2) is 4.98 Å². The first-order chi connectivity index (χ1) is 8.33. The largest absolute Gasteiger partial charge is 0.352 e. The number of nitrogens with zero attached hydrogens (tertiary/aromatic N) is 2. The molecule has 0 atom stereocenters. The Kier molecular flexibility index (Phi) is 2.84. The highest BCUT2D eigenvalue weighted by molar-refractivity contribution is 5.78. The molecule has 2 aliphatic carbocycles. The molecule has 0 radical (unpaired) electrons. The molecule has 1 aromatic heterocycles. The number of aromatic nitrogens is 2. The topological polar surface area (TPSA) is 59.0 Å². The first kappa shape index (κ1) is 10.8. The van der Waals surface area contributed by atoms with Crippen molar-refractivity contribution in [3.8, 4) is 0 Å². The first-order valence-electron chi connectivity index (χ1n) is 6.34. The summed E-state index contributed by atoms with van der Waals surface area (Å²) in [7, 11) is 0. The zero-order valence-corrected chi connectivity index (χ0v) is 9.85. The molecule has 1 heterocycles. The van der Waals surface area contributed by atoms with Crippen molar-refractivity contribution < 1.29 is 4.79 Å². The lowest BCUT2D eigenvalue weighted by Gasteiger charge is -2.08. The molecule has 1 amide bonds. The van der Waals surface area contributed by atoms with E-state index >= 15 is 0 Å². The molecule has 2 fully saturated rings. The Bertz CT molecular complexity index is 406. The van der Waals surface area contributed by atoms with Crippen LogP contribution in [0.25, 0.3) is 0 Å². The zero-order valence-electron chi connectivity index (χ0n) is 9.85. The first-order valence-corrected chi connectivity index (χ1v) is 6.34. The Balaban J connectivity index is 1.43. The lowest BCUT2D eigenvalue weighted by atomic mass is 10.4. The van der Waals surface area contributed by atoms with Gasteiger partial charge >= 0.3 is 0 Å². The van der Waals surface area contributed by atoms with Crippen LogP contribution >= 0.6 is 0 Å². The van der Waals surface area contributed by atoms with E-state index in [0.29, 0.717) is 25.2 Å². The van der Waals surface area contributed by atoms with Gasteiger partial charge in [-0.3, -0.25) is 4.79 Å². The average molecular weight is 234 g/mol. The smallest absolute Gasteiger partial charge is 0.234 e. The molecule has 0 aliphatic heterocycles. The van der Waals surface area contributed by atoms with Crippen molar-refractivity contribution in [2.75, 3.05) is 6.54 Å². The molecule has 0 saturated heterocycles. The second kappa shape index (κ2) is 4.49. The van der Waals surface area contributed by atoms with Gasteiger partial charge in [0.25, 0.3) is 0 Å². The van der Waals surface area contributed by atoms with E-state index in [0.717, 1.165) is 12.8 Å². The molecular formula is C12H18N4O. The standard InChI is InChI=1S/C12H18N4O/c17-12(15-9-1-2-9)7-13-5-11-6-14-8-16(11)10-3-4-10/h6,8-10,13H,1-5,7H2,(H,15,17). The van der Waals surface area contributed by atoms with Gasteiger partial charge in [0.15, 0.2) is 0 Å². The highest BCUT2D eigenvalue weighted by Crippen LogP contribution is 2.35. The van der Waals surface area contributed by atoms with Crippen molar-refractivity contribution in [2.45, 2.75) is 44.3 Å². The lowest BCUT2D eigenvalue weighted by molar-refractivity contribution is -0.120. The van der Waals surface area contributed by atoms with E-state index in [1.807, 2.05) is 12.5 Å². The van der Waals surface area contributed by atoms with Crippen LogP contribution in [0.5, 0.6) is 0 Å². The van der Waals surface area contributed by atoms with Crippen molar-refractivity contribution in [2.24, 2.45) is 0 Å². The van der Waals surface area contributed by atoms with Crippen molar-refractivity contribution >= 4 is 5.91 Å². The van der Waals surface area contributed by atoms with E-state index in [9.17, 15) is 4.79 Å². The Morgan fingerprint density at radius 1 is 1.41 bits per heavy atom. The maximum Gasteiger partial charge on any atom is 0.234 e. The van der Waals surface area contributed by atoms with E-state index in [2.05, 4.69) is 20.2 Å². The number of imidazole rings is 1. The van der Waals surface area contributed by atoms with Crippen LogP contribution in [-0.2, 0) is 11.3 Å². The third-order valence-electron chi connectivity index (χ3n) is 3.22. The quantitative estimate of drug-likeness (QED) is 0.757. The lowest BCUT2D eigenvalue weighted by Crippen LogP contribution is -2.35. The van der Waals surface area contributed by atoms with Gasteiger partial charge in [-0.15, -0.1) is 0 Å². The summed E-state index contributed by atoms with van der Waals surface area (Å²) < 4.78 is 2.21. The van der Waals surface area contributed by atoms with Crippen LogP contribution in [-0.4, -0.2) is 28.0 Å². The highest BCUT2D eigenvalue weighted by Gasteiger charge is 2.25. The molecule has 5 nitrogen and oxygen atoms in total. The maximum atomic E-state index is 11.5. The van der Waals surface area contributed by atoms with Crippen LogP contribution in [0.1, 0.15) is 37.4 Å². The van der Waals surface area contributed by atoms with Gasteiger partial charge < -0.3 is 15.2 Å². The molecule has 2 aliphatic rings. The molecule has 2 N–H and O–H groups in total. The van der Waals surface area contributed by atoms with Crippen LogP contribution in [0, 0.1) is 0 Å². The van der Waals surface area contributed by atoms with E-state index in [-0.39, 0.29) is 5.91 Å². The predicted octanol–water partition coefficient (Wildman–Crippen LogP) is 0.586. The van der Waals surface area contributed by atoms with Gasteiger partial charge in [0.2, 0.25) is 5.91 Å². The normalized spacial score (nSPS) is 19.3. The van der Waals surface area contributed by atoms with Crippen LogP contribution < -0.4 is 10.6 Å². The SMILES string of the molecule is O=C(CNCc1cncn1C1CC1)NC1CC1. The molecule has 5 heteroatoms. The highest BCUT2D eigenvalue weighted by atomic mass is 16.2. The molecule has 3 rings (SSSR count). The fraction of sp³-hybridized carbons (Fsp3) is 0.667. The molecule has 0 unspecified atom stereocenters. The number of nitrogens with one attached hydrogen (secondary N) is 2. The molecule has 0 spiro atoms. The number of rotatable bonds is 6. The average Bonchev–Trinajstić information content (AvgIpc) is 3.22. The molecular weight excluding hydrogens is 216 g/mol. The van der Waals surface area contributed by atoms with E-state index in [1.165, 1.54) is 18.5 Å². The minimum Gasteiger partial charge on any atom is -0.352 e. The second-order valence-corrected chi connectivity index (χ2v) is 4.97. The Hall–Kier alpha value is -1.36. The van der Waals surface area contributed by atoms with E-state index < -0.39 is 0 Å². The summed E-state index contributed by atoms with van der Waals surface area (Å²) in [5, 5.41) is 6.13. The van der Waals surface area contributed by atoms with Crippen molar-refractivity contribution in [3.05, 3.63) is 18.2 Å². The minimum absolute atomic E-state index is 0.102. The van der Waals surface area contributed by atoms with E-state index in [4.69, 9.17) is 0 Å². The van der Waals surface area contributed by atoms with Gasteiger partial charge in [0.05, 0.1) is 18.6 Å². The van der Waals surface area contributed by atoms with Crippen LogP contribution in [0.3, 0.4) is 0 Å². The number of carbonyl (C=O) groups is 1. The number of hydrogen-bond acceptors (Lipinski definition) is 3.